The van der Waals surface area contributed by atoms with E-state index in [1.807, 2.05) is 0 Å². The van der Waals surface area contributed by atoms with E-state index in [9.17, 15) is 14.9 Å². The van der Waals surface area contributed by atoms with Gasteiger partial charge < -0.3 is 14.3 Å². The molecule has 0 amide bonds. The van der Waals surface area contributed by atoms with Gasteiger partial charge in [0.25, 0.3) is 5.69 Å². The molecule has 0 saturated carbocycles. The molecule has 0 saturated heterocycles. The van der Waals surface area contributed by atoms with Gasteiger partial charge >= 0.3 is 5.97 Å². The van der Waals surface area contributed by atoms with Crippen LogP contribution in [0, 0.1) is 10.1 Å². The predicted molar refractivity (Wildman–Crippen MR) is 76.3 cm³/mol. The number of ether oxygens (including phenoxy) is 1. The minimum atomic E-state index is -1.17. The number of furan rings is 1. The first kappa shape index (κ1) is 13.6. The molecule has 0 unspecified atom stereocenters. The van der Waals surface area contributed by atoms with Gasteiger partial charge in [0.15, 0.2) is 11.3 Å². The van der Waals surface area contributed by atoms with Crippen LogP contribution in [0.2, 0.25) is 0 Å². The second-order valence-corrected chi connectivity index (χ2v) is 4.44. The van der Waals surface area contributed by atoms with Crippen molar-refractivity contribution in [2.45, 2.75) is 0 Å². The number of rotatable bonds is 4. The molecule has 3 rings (SSSR count). The van der Waals surface area contributed by atoms with Crippen LogP contribution in [0.15, 0.2) is 52.9 Å². The van der Waals surface area contributed by atoms with E-state index >= 15 is 0 Å². The van der Waals surface area contributed by atoms with Crippen molar-refractivity contribution < 1.29 is 24.0 Å². The van der Waals surface area contributed by atoms with Crippen molar-refractivity contribution in [2.24, 2.45) is 0 Å². The first-order chi connectivity index (χ1) is 10.5. The Morgan fingerprint density at radius 1 is 1.18 bits per heavy atom. The largest absolute Gasteiger partial charge is 0.475 e. The van der Waals surface area contributed by atoms with E-state index in [1.54, 1.807) is 18.2 Å². The number of hydrogen-bond donors (Lipinski definition) is 1. The summed E-state index contributed by atoms with van der Waals surface area (Å²) in [4.78, 5) is 21.0. The topological polar surface area (TPSA) is 103 Å². The van der Waals surface area contributed by atoms with Gasteiger partial charge in [-0.3, -0.25) is 10.1 Å². The number of aromatic carboxylic acids is 1. The normalized spacial score (nSPS) is 10.5. The summed E-state index contributed by atoms with van der Waals surface area (Å²) in [5.74, 6) is -0.641. The number of carboxylic acids is 1. The Morgan fingerprint density at radius 2 is 1.91 bits per heavy atom. The number of benzene rings is 2. The summed E-state index contributed by atoms with van der Waals surface area (Å²) in [5, 5.41) is 20.2. The van der Waals surface area contributed by atoms with Gasteiger partial charge in [0.05, 0.1) is 4.92 Å². The fourth-order valence-electron chi connectivity index (χ4n) is 1.98. The van der Waals surface area contributed by atoms with Crippen LogP contribution in [-0.4, -0.2) is 16.0 Å². The van der Waals surface area contributed by atoms with E-state index in [0.717, 1.165) is 0 Å². The number of nitrogens with zero attached hydrogens (tertiary/aromatic N) is 1. The molecule has 1 heterocycles. The molecule has 1 N–H and O–H groups in total. The fourth-order valence-corrected chi connectivity index (χ4v) is 1.98. The lowest BCUT2D eigenvalue weighted by Gasteiger charge is -2.05. The van der Waals surface area contributed by atoms with Crippen molar-refractivity contribution in [1.29, 1.82) is 0 Å². The highest BCUT2D eigenvalue weighted by atomic mass is 16.6. The minimum absolute atomic E-state index is 0.0447. The summed E-state index contributed by atoms with van der Waals surface area (Å²) >= 11 is 0. The van der Waals surface area contributed by atoms with Crippen molar-refractivity contribution in [1.82, 2.24) is 0 Å². The van der Waals surface area contributed by atoms with Crippen LogP contribution >= 0.6 is 0 Å². The Bertz CT molecular complexity index is 865. The Kier molecular flexibility index (Phi) is 3.23. The van der Waals surface area contributed by atoms with Crippen LogP contribution < -0.4 is 4.74 Å². The number of nitro benzene ring substituents is 1. The monoisotopic (exact) mass is 299 g/mol. The number of fused-ring (bicyclic) bond motifs is 1. The molecule has 0 radical (unpaired) electrons. The molecule has 0 bridgehead atoms. The molecule has 0 fully saturated rings. The highest BCUT2D eigenvalue weighted by Gasteiger charge is 2.14. The van der Waals surface area contributed by atoms with Crippen LogP contribution in [0.4, 0.5) is 5.69 Å². The molecule has 1 aromatic heterocycles. The molecule has 3 aromatic rings. The van der Waals surface area contributed by atoms with Crippen molar-refractivity contribution in [3.05, 3.63) is 64.4 Å². The molecule has 0 spiro atoms. The van der Waals surface area contributed by atoms with Crippen LogP contribution in [0.3, 0.4) is 0 Å². The lowest BCUT2D eigenvalue weighted by Crippen LogP contribution is -1.91. The molecular weight excluding hydrogens is 290 g/mol. The number of nitro groups is 1. The van der Waals surface area contributed by atoms with Gasteiger partial charge in [-0.05, 0) is 24.3 Å². The predicted octanol–water partition coefficient (Wildman–Crippen LogP) is 3.83. The zero-order valence-corrected chi connectivity index (χ0v) is 11.1. The average molecular weight is 299 g/mol. The SMILES string of the molecule is O=C(O)c1cc2cccc(Oc3ccc([N+](=O)[O-])cc3)c2o1. The molecule has 0 atom stereocenters. The summed E-state index contributed by atoms with van der Waals surface area (Å²) in [6, 6.07) is 12.0. The number of carboxylic acid groups (broad SMARTS) is 1. The zero-order valence-electron chi connectivity index (χ0n) is 11.1. The summed E-state index contributed by atoms with van der Waals surface area (Å²) in [5.41, 5.74) is 0.259. The highest BCUT2D eigenvalue weighted by Crippen LogP contribution is 2.32. The maximum absolute atomic E-state index is 10.9. The van der Waals surface area contributed by atoms with E-state index in [0.29, 0.717) is 22.5 Å². The number of hydrogen-bond acceptors (Lipinski definition) is 5. The van der Waals surface area contributed by atoms with Gasteiger partial charge in [-0.15, -0.1) is 0 Å². The lowest BCUT2D eigenvalue weighted by molar-refractivity contribution is -0.384. The molecule has 7 nitrogen and oxygen atoms in total. The second-order valence-electron chi connectivity index (χ2n) is 4.44. The minimum Gasteiger partial charge on any atom is -0.475 e. The highest BCUT2D eigenvalue weighted by molar-refractivity contribution is 5.93. The lowest BCUT2D eigenvalue weighted by atomic mass is 10.2. The molecule has 0 aliphatic carbocycles. The average Bonchev–Trinajstić information content (AvgIpc) is 2.93. The van der Waals surface area contributed by atoms with Crippen LogP contribution in [0.25, 0.3) is 11.0 Å². The molecule has 7 heteroatoms. The van der Waals surface area contributed by atoms with Crippen LogP contribution in [0.5, 0.6) is 11.5 Å². The zero-order chi connectivity index (χ0) is 15.7. The van der Waals surface area contributed by atoms with Crippen molar-refractivity contribution in [3.63, 3.8) is 0 Å². The summed E-state index contributed by atoms with van der Waals surface area (Å²) in [6.07, 6.45) is 0. The fraction of sp³-hybridized carbons (Fsp3) is 0. The van der Waals surface area contributed by atoms with Crippen LogP contribution in [-0.2, 0) is 0 Å². The van der Waals surface area contributed by atoms with Crippen LogP contribution in [0.1, 0.15) is 10.6 Å². The molecule has 110 valence electrons. The van der Waals surface area contributed by atoms with Gasteiger partial charge in [0, 0.05) is 17.5 Å². The maximum Gasteiger partial charge on any atom is 0.371 e. The standard InChI is InChI=1S/C15H9NO6/c17-15(18)13-8-9-2-1-3-12(14(9)22-13)21-11-6-4-10(5-7-11)16(19)20/h1-8H,(H,17,18). The Labute approximate surface area is 123 Å². The molecule has 2 aromatic carbocycles. The quantitative estimate of drug-likeness (QED) is 0.580. The Hall–Kier alpha value is -3.35. The first-order valence-corrected chi connectivity index (χ1v) is 6.23. The molecular formula is C15H9NO6. The summed E-state index contributed by atoms with van der Waals surface area (Å²) in [7, 11) is 0. The summed E-state index contributed by atoms with van der Waals surface area (Å²) in [6.45, 7) is 0. The molecule has 22 heavy (non-hydrogen) atoms. The third-order valence-corrected chi connectivity index (χ3v) is 2.99. The van der Waals surface area contributed by atoms with E-state index in [-0.39, 0.29) is 11.4 Å². The number of carbonyl (C=O) groups is 1. The van der Waals surface area contributed by atoms with E-state index < -0.39 is 10.9 Å². The van der Waals surface area contributed by atoms with Gasteiger partial charge in [0.2, 0.25) is 5.76 Å². The van der Waals surface area contributed by atoms with E-state index in [1.165, 1.54) is 30.3 Å². The molecule has 0 aliphatic heterocycles. The Balaban J connectivity index is 1.96. The number of non-ortho nitro benzene ring substituents is 1. The van der Waals surface area contributed by atoms with Crippen molar-refractivity contribution in [2.75, 3.05) is 0 Å². The van der Waals surface area contributed by atoms with Crippen molar-refractivity contribution in [3.8, 4) is 11.5 Å². The van der Waals surface area contributed by atoms with Gasteiger partial charge in [-0.2, -0.15) is 0 Å². The smallest absolute Gasteiger partial charge is 0.371 e. The van der Waals surface area contributed by atoms with E-state index in [4.69, 9.17) is 14.3 Å². The first-order valence-electron chi connectivity index (χ1n) is 6.23. The maximum atomic E-state index is 10.9. The second kappa shape index (κ2) is 5.21. The van der Waals surface area contributed by atoms with Gasteiger partial charge in [-0.25, -0.2) is 4.79 Å². The third kappa shape index (κ3) is 2.47. The molecule has 0 aliphatic rings. The van der Waals surface area contributed by atoms with Gasteiger partial charge in [-0.1, -0.05) is 12.1 Å². The summed E-state index contributed by atoms with van der Waals surface area (Å²) < 4.78 is 10.9. The van der Waals surface area contributed by atoms with Crippen molar-refractivity contribution >= 4 is 22.6 Å². The Morgan fingerprint density at radius 3 is 2.55 bits per heavy atom. The van der Waals surface area contributed by atoms with E-state index in [2.05, 4.69) is 0 Å². The number of para-hydroxylation sites is 1. The third-order valence-electron chi connectivity index (χ3n) is 2.99. The van der Waals surface area contributed by atoms with Gasteiger partial charge in [0.1, 0.15) is 5.75 Å².